The second kappa shape index (κ2) is 11.7. The van der Waals surface area contributed by atoms with Crippen LogP contribution in [0.1, 0.15) is 153 Å². The molecule has 0 N–H and O–H groups in total. The molecule has 1 nitrogen and oxygen atoms in total. The summed E-state index contributed by atoms with van der Waals surface area (Å²) in [7, 11) is 0. The van der Waals surface area contributed by atoms with Crippen LogP contribution in [0.25, 0.3) is 38.6 Å². The number of fused-ring (bicyclic) bond motifs is 6. The normalized spacial score (nSPS) is 14.2. The van der Waals surface area contributed by atoms with Gasteiger partial charge in [-0.05, 0) is 114 Å². The highest BCUT2D eigenvalue weighted by Crippen LogP contribution is 2.52. The first kappa shape index (κ1) is 35.3. The Morgan fingerprint density at radius 1 is 0.451 bits per heavy atom. The van der Waals surface area contributed by atoms with Crippen molar-refractivity contribution in [3.63, 3.8) is 0 Å². The van der Waals surface area contributed by atoms with Crippen molar-refractivity contribution in [2.24, 2.45) is 0 Å². The van der Waals surface area contributed by atoms with E-state index in [1.807, 2.05) is 0 Å². The van der Waals surface area contributed by atoms with Crippen LogP contribution in [-0.4, -0.2) is 4.57 Å². The third-order valence-corrected chi connectivity index (χ3v) is 11.5. The minimum atomic E-state index is 0.0657. The Bertz CT molecular complexity index is 2180. The van der Waals surface area contributed by atoms with Crippen molar-refractivity contribution in [2.75, 3.05) is 0 Å². The average molecular weight is 674 g/mol. The number of rotatable bonds is 3. The van der Waals surface area contributed by atoms with Gasteiger partial charge in [0, 0.05) is 22.4 Å². The van der Waals surface area contributed by atoms with Crippen LogP contribution in [0.5, 0.6) is 0 Å². The van der Waals surface area contributed by atoms with Gasteiger partial charge in [-0.3, -0.25) is 0 Å². The first-order valence-corrected chi connectivity index (χ1v) is 19.2. The quantitative estimate of drug-likeness (QED) is 0.176. The first-order valence-electron chi connectivity index (χ1n) is 19.2. The lowest BCUT2D eigenvalue weighted by Gasteiger charge is -2.26. The molecular formula is C50H59N. The molecule has 0 amide bonds. The van der Waals surface area contributed by atoms with Crippen LogP contribution in [-0.2, 0) is 21.7 Å². The van der Waals surface area contributed by atoms with Gasteiger partial charge in [-0.25, -0.2) is 0 Å². The standard InChI is InChI=1S/C50H59N/c1-30(2)45-37(46-35-22-18-31(47(3,4)5)26-38(35)39-27-32(48(6,7)8)19-23-36(39)46)16-15-17-44(45)51-42-24-20-33(49(9,10)11)28-40(42)41-29-34(50(12,13)14)21-25-43(41)51/h15-30,46H,1-14H3. The molecule has 5 aromatic carbocycles. The molecule has 6 aromatic rings. The van der Waals surface area contributed by atoms with E-state index in [0.717, 1.165) is 0 Å². The highest BCUT2D eigenvalue weighted by Gasteiger charge is 2.35. The minimum Gasteiger partial charge on any atom is -0.309 e. The lowest BCUT2D eigenvalue weighted by atomic mass is 9.80. The zero-order valence-corrected chi connectivity index (χ0v) is 33.8. The van der Waals surface area contributed by atoms with E-state index in [-0.39, 0.29) is 27.6 Å². The van der Waals surface area contributed by atoms with E-state index in [2.05, 4.69) is 192 Å². The summed E-state index contributed by atoms with van der Waals surface area (Å²) in [6.07, 6.45) is 0. The summed E-state index contributed by atoms with van der Waals surface area (Å²) in [6.45, 7) is 32.7. The fraction of sp³-hybridized carbons (Fsp3) is 0.400. The van der Waals surface area contributed by atoms with Crippen LogP contribution in [0, 0.1) is 0 Å². The number of nitrogens with zero attached hydrogens (tertiary/aromatic N) is 1. The van der Waals surface area contributed by atoms with Crippen LogP contribution in [0.15, 0.2) is 91.0 Å². The summed E-state index contributed by atoms with van der Waals surface area (Å²) in [5.41, 5.74) is 18.2. The zero-order valence-electron chi connectivity index (χ0n) is 33.8. The van der Waals surface area contributed by atoms with E-state index in [0.29, 0.717) is 5.92 Å². The van der Waals surface area contributed by atoms with Crippen molar-refractivity contribution in [3.8, 4) is 16.8 Å². The fourth-order valence-electron chi connectivity index (χ4n) is 8.38. The maximum absolute atomic E-state index is 2.57. The van der Waals surface area contributed by atoms with E-state index >= 15 is 0 Å². The van der Waals surface area contributed by atoms with E-state index in [1.54, 1.807) is 0 Å². The summed E-state index contributed by atoms with van der Waals surface area (Å²) in [6, 6.07) is 36.1. The van der Waals surface area contributed by atoms with Crippen LogP contribution < -0.4 is 0 Å². The Labute approximate surface area is 308 Å². The molecule has 0 aliphatic heterocycles. The monoisotopic (exact) mass is 673 g/mol. The highest BCUT2D eigenvalue weighted by molar-refractivity contribution is 6.10. The lowest BCUT2D eigenvalue weighted by Crippen LogP contribution is -2.12. The van der Waals surface area contributed by atoms with E-state index in [9.17, 15) is 0 Å². The Morgan fingerprint density at radius 3 is 1.24 bits per heavy atom. The number of benzene rings is 5. The Balaban J connectivity index is 1.53. The van der Waals surface area contributed by atoms with Crippen LogP contribution in [0.3, 0.4) is 0 Å². The van der Waals surface area contributed by atoms with Crippen molar-refractivity contribution >= 4 is 21.8 Å². The SMILES string of the molecule is CC(C)c1c(C2c3ccc(C(C)(C)C)cc3-c3cc(C(C)(C)C)ccc32)cccc1-n1c2ccc(C(C)(C)C)cc2c2cc(C(C)(C)C)ccc21. The molecule has 1 aromatic heterocycles. The maximum Gasteiger partial charge on any atom is 0.0541 e. The molecular weight excluding hydrogens is 615 g/mol. The van der Waals surface area contributed by atoms with Crippen LogP contribution in [0.4, 0.5) is 0 Å². The molecule has 1 heterocycles. The predicted octanol–water partition coefficient (Wildman–Crippen LogP) is 14.3. The number of aromatic nitrogens is 1. The first-order chi connectivity index (χ1) is 23.7. The van der Waals surface area contributed by atoms with Gasteiger partial charge in [-0.2, -0.15) is 0 Å². The summed E-state index contributed by atoms with van der Waals surface area (Å²) in [5.74, 6) is 0.491. The van der Waals surface area contributed by atoms with Gasteiger partial charge < -0.3 is 4.57 Å². The van der Waals surface area contributed by atoms with Gasteiger partial charge in [-0.1, -0.05) is 158 Å². The van der Waals surface area contributed by atoms with Gasteiger partial charge in [0.1, 0.15) is 0 Å². The van der Waals surface area contributed by atoms with Gasteiger partial charge in [0.2, 0.25) is 0 Å². The molecule has 0 saturated carbocycles. The third kappa shape index (κ3) is 5.95. The summed E-state index contributed by atoms with van der Waals surface area (Å²) in [4.78, 5) is 0. The summed E-state index contributed by atoms with van der Waals surface area (Å²) < 4.78 is 2.57. The molecule has 264 valence electrons. The van der Waals surface area contributed by atoms with Crippen molar-refractivity contribution in [3.05, 3.63) is 136 Å². The maximum atomic E-state index is 2.57. The van der Waals surface area contributed by atoms with E-state index < -0.39 is 0 Å². The molecule has 0 spiro atoms. The molecule has 0 atom stereocenters. The van der Waals surface area contributed by atoms with Gasteiger partial charge in [0.25, 0.3) is 0 Å². The van der Waals surface area contributed by atoms with Crippen LogP contribution >= 0.6 is 0 Å². The Kier molecular flexibility index (Phi) is 8.11. The third-order valence-electron chi connectivity index (χ3n) is 11.5. The van der Waals surface area contributed by atoms with Crippen molar-refractivity contribution in [2.45, 2.75) is 130 Å². The molecule has 0 unspecified atom stereocenters. The Hall–Kier alpha value is -4.10. The number of hydrogen-bond donors (Lipinski definition) is 0. The highest BCUT2D eigenvalue weighted by atomic mass is 15.0. The van der Waals surface area contributed by atoms with E-state index in [4.69, 9.17) is 0 Å². The predicted molar refractivity (Wildman–Crippen MR) is 222 cm³/mol. The minimum absolute atomic E-state index is 0.0657. The molecule has 7 rings (SSSR count). The Morgan fingerprint density at radius 2 is 0.843 bits per heavy atom. The largest absolute Gasteiger partial charge is 0.309 e. The molecule has 1 aliphatic rings. The molecule has 0 fully saturated rings. The molecule has 1 aliphatic carbocycles. The van der Waals surface area contributed by atoms with Gasteiger partial charge in [0.15, 0.2) is 0 Å². The smallest absolute Gasteiger partial charge is 0.0541 e. The fourth-order valence-corrected chi connectivity index (χ4v) is 8.38. The zero-order chi connectivity index (χ0) is 37.0. The second-order valence-corrected chi connectivity index (χ2v) is 19.8. The van der Waals surface area contributed by atoms with Crippen molar-refractivity contribution < 1.29 is 0 Å². The van der Waals surface area contributed by atoms with Crippen molar-refractivity contribution in [1.82, 2.24) is 4.57 Å². The number of hydrogen-bond acceptors (Lipinski definition) is 0. The molecule has 0 radical (unpaired) electrons. The molecule has 0 saturated heterocycles. The molecule has 51 heavy (non-hydrogen) atoms. The topological polar surface area (TPSA) is 4.93 Å². The average Bonchev–Trinajstić information content (AvgIpc) is 3.54. The van der Waals surface area contributed by atoms with E-state index in [1.165, 1.54) is 83.1 Å². The second-order valence-electron chi connectivity index (χ2n) is 19.8. The molecule has 0 bridgehead atoms. The van der Waals surface area contributed by atoms with Crippen LogP contribution in [0.2, 0.25) is 0 Å². The lowest BCUT2D eigenvalue weighted by molar-refractivity contribution is 0.589. The van der Waals surface area contributed by atoms with Gasteiger partial charge in [0.05, 0.1) is 11.0 Å². The molecule has 1 heteroatoms. The van der Waals surface area contributed by atoms with Gasteiger partial charge in [-0.15, -0.1) is 0 Å². The van der Waals surface area contributed by atoms with Gasteiger partial charge >= 0.3 is 0 Å². The summed E-state index contributed by atoms with van der Waals surface area (Å²) in [5, 5.41) is 2.68. The summed E-state index contributed by atoms with van der Waals surface area (Å²) >= 11 is 0. The van der Waals surface area contributed by atoms with Crippen molar-refractivity contribution in [1.29, 1.82) is 0 Å².